The van der Waals surface area contributed by atoms with Gasteiger partial charge in [-0.05, 0) is 63.5 Å². The van der Waals surface area contributed by atoms with Gasteiger partial charge < -0.3 is 14.7 Å². The first-order chi connectivity index (χ1) is 9.67. The molecule has 2 aromatic carbocycles. The first kappa shape index (κ1) is 13.1. The van der Waals surface area contributed by atoms with Gasteiger partial charge in [0.05, 0.1) is 7.11 Å². The summed E-state index contributed by atoms with van der Waals surface area (Å²) in [6.45, 7) is 0.775. The molecule has 1 N–H and O–H groups in total. The minimum Gasteiger partial charge on any atom is -0.508 e. The molecule has 0 saturated carbocycles. The molecular weight excluding hydrogens is 318 g/mol. The molecule has 0 fully saturated rings. The van der Waals surface area contributed by atoms with E-state index in [-0.39, 0.29) is 5.75 Å². The lowest BCUT2D eigenvalue weighted by molar-refractivity contribution is 0.415. The highest BCUT2D eigenvalue weighted by molar-refractivity contribution is 9.15. The highest BCUT2D eigenvalue weighted by Gasteiger charge is 2.17. The van der Waals surface area contributed by atoms with Gasteiger partial charge >= 0.3 is 0 Å². The molecular formula is C16H14BrNO2. The lowest BCUT2D eigenvalue weighted by Crippen LogP contribution is -2.20. The highest BCUT2D eigenvalue weighted by Crippen LogP contribution is 2.35. The zero-order valence-electron chi connectivity index (χ0n) is 11.0. The molecule has 3 nitrogen and oxygen atoms in total. The van der Waals surface area contributed by atoms with Crippen LogP contribution in [0.5, 0.6) is 11.5 Å². The summed E-state index contributed by atoms with van der Waals surface area (Å²) in [4.78, 5) is 2.16. The van der Waals surface area contributed by atoms with Gasteiger partial charge in [-0.2, -0.15) is 0 Å². The van der Waals surface area contributed by atoms with Gasteiger partial charge in [-0.3, -0.25) is 0 Å². The van der Waals surface area contributed by atoms with Gasteiger partial charge in [-0.25, -0.2) is 0 Å². The van der Waals surface area contributed by atoms with Gasteiger partial charge in [-0.1, -0.05) is 6.07 Å². The van der Waals surface area contributed by atoms with Gasteiger partial charge in [0.2, 0.25) is 0 Å². The van der Waals surface area contributed by atoms with E-state index in [1.165, 1.54) is 5.56 Å². The van der Waals surface area contributed by atoms with Crippen LogP contribution in [0.25, 0.3) is 4.48 Å². The van der Waals surface area contributed by atoms with Crippen molar-refractivity contribution in [2.45, 2.75) is 6.54 Å². The molecule has 0 amide bonds. The van der Waals surface area contributed by atoms with Crippen LogP contribution >= 0.6 is 15.9 Å². The van der Waals surface area contributed by atoms with E-state index in [1.54, 1.807) is 19.2 Å². The van der Waals surface area contributed by atoms with Crippen molar-refractivity contribution in [2.24, 2.45) is 0 Å². The van der Waals surface area contributed by atoms with Gasteiger partial charge in [0.1, 0.15) is 11.5 Å². The average molecular weight is 332 g/mol. The largest absolute Gasteiger partial charge is 0.508 e. The van der Waals surface area contributed by atoms with E-state index >= 15 is 0 Å². The Labute approximate surface area is 126 Å². The molecule has 0 spiro atoms. The molecule has 20 heavy (non-hydrogen) atoms. The summed E-state index contributed by atoms with van der Waals surface area (Å²) in [6.07, 6.45) is 2.03. The lowest BCUT2D eigenvalue weighted by Gasteiger charge is -2.27. The molecule has 0 atom stereocenters. The first-order valence-corrected chi connectivity index (χ1v) is 7.07. The number of phenols is 1. The van der Waals surface area contributed by atoms with Crippen molar-refractivity contribution in [3.8, 4) is 11.5 Å². The standard InChI is InChI=1S/C16H14BrNO2/c1-20-14-6-3-12(4-7-14)18-9-11-2-5-13(19)8-15(11)16(17)10-18/h2-8,10,19H,9H2,1H3. The number of halogens is 1. The molecule has 102 valence electrons. The van der Waals surface area contributed by atoms with Crippen LogP contribution in [0, 0.1) is 0 Å². The number of hydrogen-bond acceptors (Lipinski definition) is 3. The summed E-state index contributed by atoms with van der Waals surface area (Å²) in [5, 5.41) is 9.57. The van der Waals surface area contributed by atoms with Crippen LogP contribution in [0.4, 0.5) is 5.69 Å². The van der Waals surface area contributed by atoms with Crippen LogP contribution in [0.2, 0.25) is 0 Å². The lowest BCUT2D eigenvalue weighted by atomic mass is 10.0. The van der Waals surface area contributed by atoms with Crippen molar-refractivity contribution in [1.82, 2.24) is 0 Å². The number of aromatic hydroxyl groups is 1. The van der Waals surface area contributed by atoms with Crippen molar-refractivity contribution in [3.63, 3.8) is 0 Å². The zero-order valence-corrected chi connectivity index (χ0v) is 12.6. The third kappa shape index (κ3) is 2.39. The van der Waals surface area contributed by atoms with E-state index < -0.39 is 0 Å². The average Bonchev–Trinajstić information content (AvgIpc) is 2.48. The second kappa shape index (κ2) is 5.21. The number of nitrogens with zero attached hydrogens (tertiary/aromatic N) is 1. The number of methoxy groups -OCH3 is 1. The molecule has 2 aromatic rings. The predicted octanol–water partition coefficient (Wildman–Crippen LogP) is 4.11. The predicted molar refractivity (Wildman–Crippen MR) is 84.2 cm³/mol. The first-order valence-electron chi connectivity index (χ1n) is 6.27. The minimum atomic E-state index is 0.284. The van der Waals surface area contributed by atoms with Crippen molar-refractivity contribution in [3.05, 3.63) is 59.8 Å². The zero-order chi connectivity index (χ0) is 14.1. The maximum Gasteiger partial charge on any atom is 0.119 e. The summed E-state index contributed by atoms with van der Waals surface area (Å²) in [5.41, 5.74) is 3.31. The Kier molecular flexibility index (Phi) is 3.40. The Balaban J connectivity index is 1.94. The fourth-order valence-electron chi connectivity index (χ4n) is 2.30. The maximum absolute atomic E-state index is 9.57. The molecule has 1 aliphatic heterocycles. The number of anilines is 1. The summed E-state index contributed by atoms with van der Waals surface area (Å²) >= 11 is 3.57. The van der Waals surface area contributed by atoms with Crippen LogP contribution in [0.1, 0.15) is 11.1 Å². The molecule has 0 aliphatic carbocycles. The van der Waals surface area contributed by atoms with Crippen molar-refractivity contribution < 1.29 is 9.84 Å². The molecule has 0 radical (unpaired) electrons. The Bertz CT molecular complexity index is 665. The highest BCUT2D eigenvalue weighted by atomic mass is 79.9. The Morgan fingerprint density at radius 2 is 1.90 bits per heavy atom. The number of rotatable bonds is 2. The van der Waals surface area contributed by atoms with Gasteiger partial charge in [-0.15, -0.1) is 0 Å². The topological polar surface area (TPSA) is 32.7 Å². The van der Waals surface area contributed by atoms with Gasteiger partial charge in [0.15, 0.2) is 0 Å². The quantitative estimate of drug-likeness (QED) is 0.898. The summed E-state index contributed by atoms with van der Waals surface area (Å²) in [7, 11) is 1.66. The van der Waals surface area contributed by atoms with E-state index in [9.17, 15) is 5.11 Å². The third-order valence-corrected chi connectivity index (χ3v) is 4.00. The van der Waals surface area contributed by atoms with Crippen LogP contribution in [-0.4, -0.2) is 12.2 Å². The Hall–Kier alpha value is -1.94. The number of fused-ring (bicyclic) bond motifs is 1. The van der Waals surface area contributed by atoms with Crippen molar-refractivity contribution in [1.29, 1.82) is 0 Å². The maximum atomic E-state index is 9.57. The van der Waals surface area contributed by atoms with Crippen molar-refractivity contribution in [2.75, 3.05) is 12.0 Å². The fraction of sp³-hybridized carbons (Fsp3) is 0.125. The Morgan fingerprint density at radius 3 is 2.60 bits per heavy atom. The van der Waals surface area contributed by atoms with Crippen LogP contribution < -0.4 is 9.64 Å². The number of phenolic OH excluding ortho intramolecular Hbond substituents is 1. The van der Waals surface area contributed by atoms with Crippen molar-refractivity contribution >= 4 is 26.1 Å². The van der Waals surface area contributed by atoms with E-state index in [1.807, 2.05) is 36.5 Å². The smallest absolute Gasteiger partial charge is 0.119 e. The molecule has 1 aliphatic rings. The monoisotopic (exact) mass is 331 g/mol. The van der Waals surface area contributed by atoms with E-state index in [2.05, 4.69) is 20.8 Å². The van der Waals surface area contributed by atoms with E-state index in [4.69, 9.17) is 4.74 Å². The second-order valence-electron chi connectivity index (χ2n) is 4.64. The molecule has 3 rings (SSSR count). The number of ether oxygens (including phenoxy) is 1. The minimum absolute atomic E-state index is 0.284. The molecule has 0 bridgehead atoms. The summed E-state index contributed by atoms with van der Waals surface area (Å²) in [6, 6.07) is 13.4. The van der Waals surface area contributed by atoms with Crippen LogP contribution in [0.15, 0.2) is 48.7 Å². The number of hydrogen-bond donors (Lipinski definition) is 1. The molecule has 1 heterocycles. The third-order valence-electron chi connectivity index (χ3n) is 3.36. The second-order valence-corrected chi connectivity index (χ2v) is 5.50. The van der Waals surface area contributed by atoms with E-state index in [0.717, 1.165) is 28.0 Å². The van der Waals surface area contributed by atoms with Gasteiger partial charge in [0, 0.05) is 22.9 Å². The normalized spacial score (nSPS) is 13.7. The number of benzene rings is 2. The van der Waals surface area contributed by atoms with Crippen LogP contribution in [0.3, 0.4) is 0 Å². The molecule has 0 aromatic heterocycles. The summed E-state index contributed by atoms with van der Waals surface area (Å²) in [5.74, 6) is 1.13. The van der Waals surface area contributed by atoms with E-state index in [0.29, 0.717) is 0 Å². The van der Waals surface area contributed by atoms with Crippen LogP contribution in [-0.2, 0) is 6.54 Å². The molecule has 4 heteroatoms. The molecule has 0 saturated heterocycles. The summed E-state index contributed by atoms with van der Waals surface area (Å²) < 4.78 is 6.14. The Morgan fingerprint density at radius 1 is 1.15 bits per heavy atom. The SMILES string of the molecule is COc1ccc(N2C=C(Br)c3cc(O)ccc3C2)cc1. The molecule has 0 unspecified atom stereocenters. The van der Waals surface area contributed by atoms with Gasteiger partial charge in [0.25, 0.3) is 0 Å². The fourth-order valence-corrected chi connectivity index (χ4v) is 2.92.